The molecule has 0 saturated heterocycles. The van der Waals surface area contributed by atoms with Crippen molar-refractivity contribution in [3.63, 3.8) is 0 Å². The third-order valence-corrected chi connectivity index (χ3v) is 6.31. The number of carbonyl (C=O) groups excluding carboxylic acids is 3. The second kappa shape index (κ2) is 11.2. The van der Waals surface area contributed by atoms with Crippen molar-refractivity contribution in [3.05, 3.63) is 83.3 Å². The summed E-state index contributed by atoms with van der Waals surface area (Å²) < 4.78 is 5.41. The van der Waals surface area contributed by atoms with Gasteiger partial charge in [-0.3, -0.25) is 19.3 Å². The average molecular weight is 494 g/mol. The molecular weight excluding hydrogens is 466 g/mol. The average Bonchev–Trinajstić information content (AvgIpc) is 3.39. The third-order valence-electron chi connectivity index (χ3n) is 6.06. The van der Waals surface area contributed by atoms with Gasteiger partial charge in [0.05, 0.1) is 6.26 Å². The number of halogens is 1. The molecule has 1 fully saturated rings. The molecule has 1 aromatic heterocycles. The van der Waals surface area contributed by atoms with E-state index in [1.54, 1.807) is 60.7 Å². The van der Waals surface area contributed by atoms with Crippen LogP contribution in [-0.2, 0) is 9.59 Å². The standard InChI is InChI=1S/C27H28ClN3O4/c1-18(32)29-22-13-15-23(16-14-22)31(27(34)24-8-5-17-35-24)25(19-9-11-20(28)12-10-19)26(33)30-21-6-3-2-4-7-21/h5,8-17,21,25H,2-4,6-7H2,1H3,(H,29,32)(H,30,33). The molecule has 1 saturated carbocycles. The normalized spacial score (nSPS) is 14.7. The SMILES string of the molecule is CC(=O)Nc1ccc(N(C(=O)c2ccco2)C(C(=O)NC2CCCCC2)c2ccc(Cl)cc2)cc1. The fourth-order valence-electron chi connectivity index (χ4n) is 4.40. The van der Waals surface area contributed by atoms with Gasteiger partial charge in [-0.05, 0) is 66.9 Å². The van der Waals surface area contributed by atoms with Crippen LogP contribution in [-0.4, -0.2) is 23.8 Å². The zero-order valence-electron chi connectivity index (χ0n) is 19.5. The number of rotatable bonds is 7. The van der Waals surface area contributed by atoms with Crippen LogP contribution in [0.4, 0.5) is 11.4 Å². The molecule has 7 nitrogen and oxygen atoms in total. The predicted molar refractivity (Wildman–Crippen MR) is 135 cm³/mol. The number of amides is 3. The zero-order chi connectivity index (χ0) is 24.8. The highest BCUT2D eigenvalue weighted by Crippen LogP contribution is 2.32. The molecule has 35 heavy (non-hydrogen) atoms. The van der Waals surface area contributed by atoms with Crippen LogP contribution in [0.1, 0.15) is 61.2 Å². The molecule has 3 aromatic rings. The molecule has 182 valence electrons. The first-order valence-electron chi connectivity index (χ1n) is 11.7. The van der Waals surface area contributed by atoms with Crippen molar-refractivity contribution in [2.75, 3.05) is 10.2 Å². The van der Waals surface area contributed by atoms with E-state index < -0.39 is 11.9 Å². The van der Waals surface area contributed by atoms with E-state index in [-0.39, 0.29) is 23.6 Å². The maximum Gasteiger partial charge on any atom is 0.294 e. The number of hydrogen-bond donors (Lipinski definition) is 2. The Bertz CT molecular complexity index is 1150. The predicted octanol–water partition coefficient (Wildman–Crippen LogP) is 5.73. The van der Waals surface area contributed by atoms with Crippen LogP contribution in [0, 0.1) is 0 Å². The topological polar surface area (TPSA) is 91.7 Å². The van der Waals surface area contributed by atoms with Crippen LogP contribution in [0.15, 0.2) is 71.3 Å². The Morgan fingerprint density at radius 2 is 1.66 bits per heavy atom. The summed E-state index contributed by atoms with van der Waals surface area (Å²) in [6.45, 7) is 1.42. The molecule has 1 aliphatic rings. The van der Waals surface area contributed by atoms with Gasteiger partial charge in [0.15, 0.2) is 5.76 Å². The maximum atomic E-state index is 13.8. The summed E-state index contributed by atoms with van der Waals surface area (Å²) in [5, 5.41) is 6.41. The van der Waals surface area contributed by atoms with Gasteiger partial charge in [0.1, 0.15) is 6.04 Å². The number of hydrogen-bond acceptors (Lipinski definition) is 4. The lowest BCUT2D eigenvalue weighted by atomic mass is 9.94. The van der Waals surface area contributed by atoms with Gasteiger partial charge >= 0.3 is 0 Å². The van der Waals surface area contributed by atoms with Crippen molar-refractivity contribution in [2.24, 2.45) is 0 Å². The molecule has 1 aliphatic carbocycles. The van der Waals surface area contributed by atoms with Gasteiger partial charge in [0.2, 0.25) is 11.8 Å². The molecule has 8 heteroatoms. The first-order chi connectivity index (χ1) is 16.9. The highest BCUT2D eigenvalue weighted by molar-refractivity contribution is 6.30. The van der Waals surface area contributed by atoms with Crippen LogP contribution in [0.5, 0.6) is 0 Å². The van der Waals surface area contributed by atoms with Crippen LogP contribution >= 0.6 is 11.6 Å². The van der Waals surface area contributed by atoms with E-state index in [4.69, 9.17) is 16.0 Å². The second-order valence-corrected chi connectivity index (χ2v) is 9.11. The molecule has 2 N–H and O–H groups in total. The number of benzene rings is 2. The monoisotopic (exact) mass is 493 g/mol. The Balaban J connectivity index is 1.76. The molecular formula is C27H28ClN3O4. The minimum Gasteiger partial charge on any atom is -0.459 e. The molecule has 0 radical (unpaired) electrons. The molecule has 0 spiro atoms. The number of anilines is 2. The van der Waals surface area contributed by atoms with Crippen molar-refractivity contribution in [1.29, 1.82) is 0 Å². The number of carbonyl (C=O) groups is 3. The van der Waals surface area contributed by atoms with E-state index in [9.17, 15) is 14.4 Å². The highest BCUT2D eigenvalue weighted by Gasteiger charge is 2.35. The zero-order valence-corrected chi connectivity index (χ0v) is 20.3. The first kappa shape index (κ1) is 24.5. The van der Waals surface area contributed by atoms with Crippen LogP contribution in [0.25, 0.3) is 0 Å². The third kappa shape index (κ3) is 6.11. The van der Waals surface area contributed by atoms with E-state index in [0.717, 1.165) is 32.1 Å². The Hall–Kier alpha value is -3.58. The number of nitrogens with zero attached hydrogens (tertiary/aromatic N) is 1. The van der Waals surface area contributed by atoms with Gasteiger partial charge in [-0.25, -0.2) is 0 Å². The Kier molecular flexibility index (Phi) is 7.87. The summed E-state index contributed by atoms with van der Waals surface area (Å²) in [6, 6.07) is 16.0. The molecule has 4 rings (SSSR count). The van der Waals surface area contributed by atoms with Crippen molar-refractivity contribution in [2.45, 2.75) is 51.1 Å². The van der Waals surface area contributed by atoms with Gasteiger partial charge in [0.25, 0.3) is 5.91 Å². The van der Waals surface area contributed by atoms with Crippen molar-refractivity contribution < 1.29 is 18.8 Å². The lowest BCUT2D eigenvalue weighted by Crippen LogP contribution is -2.47. The van der Waals surface area contributed by atoms with Crippen LogP contribution in [0.3, 0.4) is 0 Å². The van der Waals surface area contributed by atoms with Gasteiger partial charge in [-0.1, -0.05) is 43.0 Å². The van der Waals surface area contributed by atoms with Crippen molar-refractivity contribution in [1.82, 2.24) is 5.32 Å². The van der Waals surface area contributed by atoms with E-state index in [1.807, 2.05) is 0 Å². The van der Waals surface area contributed by atoms with Crippen LogP contribution in [0.2, 0.25) is 5.02 Å². The van der Waals surface area contributed by atoms with E-state index in [1.165, 1.54) is 18.1 Å². The minimum absolute atomic E-state index is 0.0637. The van der Waals surface area contributed by atoms with E-state index in [2.05, 4.69) is 10.6 Å². The van der Waals surface area contributed by atoms with E-state index >= 15 is 0 Å². The summed E-state index contributed by atoms with van der Waals surface area (Å²) in [7, 11) is 0. The van der Waals surface area contributed by atoms with Crippen molar-refractivity contribution in [3.8, 4) is 0 Å². The smallest absolute Gasteiger partial charge is 0.294 e. The summed E-state index contributed by atoms with van der Waals surface area (Å²) in [5.41, 5.74) is 1.69. The Morgan fingerprint density at radius 3 is 2.26 bits per heavy atom. The molecule has 0 aliphatic heterocycles. The lowest BCUT2D eigenvalue weighted by Gasteiger charge is -2.33. The number of furan rings is 1. The highest BCUT2D eigenvalue weighted by atomic mass is 35.5. The second-order valence-electron chi connectivity index (χ2n) is 8.68. The van der Waals surface area contributed by atoms with Gasteiger partial charge in [0, 0.05) is 29.4 Å². The molecule has 1 atom stereocenters. The molecule has 0 bridgehead atoms. The summed E-state index contributed by atoms with van der Waals surface area (Å²) in [5.74, 6) is -0.821. The fraction of sp³-hybridized carbons (Fsp3) is 0.296. The summed E-state index contributed by atoms with van der Waals surface area (Å²) >= 11 is 6.12. The lowest BCUT2D eigenvalue weighted by molar-refractivity contribution is -0.123. The summed E-state index contributed by atoms with van der Waals surface area (Å²) in [4.78, 5) is 40.3. The number of nitrogens with one attached hydrogen (secondary N) is 2. The largest absolute Gasteiger partial charge is 0.459 e. The Labute approximate surface area is 209 Å². The quantitative estimate of drug-likeness (QED) is 0.439. The van der Waals surface area contributed by atoms with E-state index in [0.29, 0.717) is 22.0 Å². The molecule has 1 unspecified atom stereocenters. The molecule has 1 heterocycles. The van der Waals surface area contributed by atoms with Gasteiger partial charge in [-0.2, -0.15) is 0 Å². The summed E-state index contributed by atoms with van der Waals surface area (Å²) in [6.07, 6.45) is 6.54. The van der Waals surface area contributed by atoms with Gasteiger partial charge in [-0.15, -0.1) is 0 Å². The minimum atomic E-state index is -0.960. The first-order valence-corrected chi connectivity index (χ1v) is 12.1. The molecule has 3 amide bonds. The fourth-order valence-corrected chi connectivity index (χ4v) is 4.53. The molecule has 2 aromatic carbocycles. The van der Waals surface area contributed by atoms with Crippen LogP contribution < -0.4 is 15.5 Å². The maximum absolute atomic E-state index is 13.8. The van der Waals surface area contributed by atoms with Crippen molar-refractivity contribution >= 4 is 40.7 Å². The Morgan fingerprint density at radius 1 is 0.971 bits per heavy atom. The van der Waals surface area contributed by atoms with Gasteiger partial charge < -0.3 is 15.1 Å².